The summed E-state index contributed by atoms with van der Waals surface area (Å²) in [5, 5.41) is 3.81. The van der Waals surface area contributed by atoms with Crippen LogP contribution in [0.1, 0.15) is 11.1 Å². The molecule has 9 heteroatoms. The molecule has 0 amide bonds. The van der Waals surface area contributed by atoms with Crippen molar-refractivity contribution in [3.8, 4) is 17.1 Å². The zero-order valence-corrected chi connectivity index (χ0v) is 17.4. The second-order valence-electron chi connectivity index (χ2n) is 7.13. The van der Waals surface area contributed by atoms with E-state index in [9.17, 15) is 4.79 Å². The Hall–Kier alpha value is -3.78. The van der Waals surface area contributed by atoms with E-state index < -0.39 is 0 Å². The molecule has 1 aliphatic heterocycles. The summed E-state index contributed by atoms with van der Waals surface area (Å²) in [5.74, 6) is 2.03. The smallest absolute Gasteiger partial charge is 0.327 e. The van der Waals surface area contributed by atoms with Crippen LogP contribution in [-0.4, -0.2) is 32.6 Å². The molecule has 156 valence electrons. The van der Waals surface area contributed by atoms with Crippen molar-refractivity contribution in [1.82, 2.24) is 19.1 Å². The first-order valence-electron chi connectivity index (χ1n) is 9.68. The van der Waals surface area contributed by atoms with Crippen molar-refractivity contribution in [2.24, 2.45) is 4.99 Å². The Morgan fingerprint density at radius 3 is 2.68 bits per heavy atom. The third kappa shape index (κ3) is 3.51. The molecule has 2 N–H and O–H groups in total. The predicted octanol–water partition coefficient (Wildman–Crippen LogP) is 3.88. The second kappa shape index (κ2) is 7.81. The Balaban J connectivity index is 1.51. The lowest BCUT2D eigenvalue weighted by Gasteiger charge is -2.08. The summed E-state index contributed by atoms with van der Waals surface area (Å²) >= 11 is 6.31. The van der Waals surface area contributed by atoms with Gasteiger partial charge in [-0.1, -0.05) is 41.9 Å². The van der Waals surface area contributed by atoms with Gasteiger partial charge in [0.25, 0.3) is 0 Å². The fourth-order valence-electron chi connectivity index (χ4n) is 3.62. The van der Waals surface area contributed by atoms with E-state index >= 15 is 0 Å². The molecule has 31 heavy (non-hydrogen) atoms. The van der Waals surface area contributed by atoms with Crippen molar-refractivity contribution in [2.45, 2.75) is 13.1 Å². The molecule has 0 bridgehead atoms. The molecule has 0 atom stereocenters. The highest BCUT2D eigenvalue weighted by molar-refractivity contribution is 6.31. The molecule has 2 aromatic heterocycles. The number of nitrogens with zero attached hydrogens (tertiary/aromatic N) is 4. The molecule has 1 aliphatic rings. The van der Waals surface area contributed by atoms with Crippen molar-refractivity contribution in [3.05, 3.63) is 81.5 Å². The Kier molecular flexibility index (Phi) is 4.83. The summed E-state index contributed by atoms with van der Waals surface area (Å²) in [6.45, 7) is 0.913. The first-order chi connectivity index (χ1) is 15.1. The normalized spacial score (nSPS) is 12.1. The van der Waals surface area contributed by atoms with Gasteiger partial charge in [-0.3, -0.25) is 4.57 Å². The number of rotatable bonds is 5. The van der Waals surface area contributed by atoms with Crippen molar-refractivity contribution in [1.29, 1.82) is 0 Å². The van der Waals surface area contributed by atoms with Gasteiger partial charge in [0.05, 0.1) is 32.9 Å². The number of aromatic amines is 1. The van der Waals surface area contributed by atoms with Crippen LogP contribution in [0.3, 0.4) is 0 Å². The van der Waals surface area contributed by atoms with Gasteiger partial charge in [-0.25, -0.2) is 14.8 Å². The number of nitrogens with one attached hydrogen (secondary N) is 2. The van der Waals surface area contributed by atoms with Crippen LogP contribution in [0.25, 0.3) is 11.4 Å². The fraction of sp³-hybridized carbons (Fsp3) is 0.136. The number of ether oxygens (including phenoxy) is 1. The average molecular weight is 435 g/mol. The van der Waals surface area contributed by atoms with E-state index in [-0.39, 0.29) is 5.69 Å². The van der Waals surface area contributed by atoms with Crippen LogP contribution in [0.15, 0.2) is 64.6 Å². The van der Waals surface area contributed by atoms with Gasteiger partial charge in [0.15, 0.2) is 5.82 Å². The molecule has 3 heterocycles. The number of aliphatic imine (C=N–C) groups is 1. The van der Waals surface area contributed by atoms with Crippen molar-refractivity contribution >= 4 is 29.6 Å². The fourth-order valence-corrected chi connectivity index (χ4v) is 3.82. The first-order valence-corrected chi connectivity index (χ1v) is 10.1. The van der Waals surface area contributed by atoms with Crippen LogP contribution < -0.4 is 15.7 Å². The molecule has 0 saturated carbocycles. The number of imidazole rings is 2. The zero-order valence-electron chi connectivity index (χ0n) is 16.7. The molecule has 0 fully saturated rings. The molecule has 5 rings (SSSR count). The Bertz CT molecular complexity index is 1330. The van der Waals surface area contributed by atoms with Crippen molar-refractivity contribution in [3.63, 3.8) is 0 Å². The summed E-state index contributed by atoms with van der Waals surface area (Å²) in [7, 11) is 1.62. The number of hydrogen-bond donors (Lipinski definition) is 2. The van der Waals surface area contributed by atoms with Crippen LogP contribution in [0, 0.1) is 0 Å². The number of methoxy groups -OCH3 is 1. The summed E-state index contributed by atoms with van der Waals surface area (Å²) < 4.78 is 8.74. The number of halogens is 1. The molecule has 8 nitrogen and oxygen atoms in total. The standard InChI is InChI=1S/C22H19ClN6O2/c1-31-16-8-6-14(7-9-16)10-29-21-19(27-22(29)30)18-20(24-12-25-21)28(13-26-18)11-15-4-2-3-5-17(15)23/h2-9,12-13H,10-11H2,1H3,(H,24,25)(H,27,30). The van der Waals surface area contributed by atoms with Crippen LogP contribution in [0.5, 0.6) is 5.75 Å². The molecule has 0 aliphatic carbocycles. The van der Waals surface area contributed by atoms with Crippen molar-refractivity contribution in [2.75, 3.05) is 12.4 Å². The highest BCUT2D eigenvalue weighted by Crippen LogP contribution is 2.35. The molecule has 0 spiro atoms. The van der Waals surface area contributed by atoms with Gasteiger partial charge in [0, 0.05) is 5.02 Å². The molecular formula is C22H19ClN6O2. The second-order valence-corrected chi connectivity index (χ2v) is 7.53. The summed E-state index contributed by atoms with van der Waals surface area (Å²) in [6.07, 6.45) is 3.28. The largest absolute Gasteiger partial charge is 0.497 e. The Morgan fingerprint density at radius 2 is 1.90 bits per heavy atom. The topological polar surface area (TPSA) is 89.2 Å². The van der Waals surface area contributed by atoms with Gasteiger partial charge in [0.2, 0.25) is 0 Å². The predicted molar refractivity (Wildman–Crippen MR) is 121 cm³/mol. The van der Waals surface area contributed by atoms with Gasteiger partial charge in [-0.15, -0.1) is 0 Å². The minimum absolute atomic E-state index is 0.227. The summed E-state index contributed by atoms with van der Waals surface area (Å²) in [6, 6.07) is 15.3. The lowest BCUT2D eigenvalue weighted by molar-refractivity contribution is 0.414. The molecule has 0 radical (unpaired) electrons. The highest BCUT2D eigenvalue weighted by atomic mass is 35.5. The summed E-state index contributed by atoms with van der Waals surface area (Å²) in [4.78, 5) is 24.7. The quantitative estimate of drug-likeness (QED) is 0.498. The first kappa shape index (κ1) is 19.2. The van der Waals surface area contributed by atoms with Gasteiger partial charge >= 0.3 is 5.69 Å². The van der Waals surface area contributed by atoms with E-state index in [1.165, 1.54) is 0 Å². The van der Waals surface area contributed by atoms with E-state index in [0.29, 0.717) is 41.1 Å². The van der Waals surface area contributed by atoms with E-state index in [1.54, 1.807) is 24.3 Å². The van der Waals surface area contributed by atoms with Crippen molar-refractivity contribution < 1.29 is 4.74 Å². The number of hydrogen-bond acceptors (Lipinski definition) is 5. The minimum Gasteiger partial charge on any atom is -0.497 e. The molecule has 4 aromatic rings. The van der Waals surface area contributed by atoms with Gasteiger partial charge in [-0.2, -0.15) is 0 Å². The number of fused-ring (bicyclic) bond motifs is 3. The number of H-pyrrole nitrogens is 1. The monoisotopic (exact) mass is 434 g/mol. The lowest BCUT2D eigenvalue weighted by Crippen LogP contribution is -2.19. The third-order valence-electron chi connectivity index (χ3n) is 5.22. The number of benzene rings is 2. The zero-order chi connectivity index (χ0) is 21.4. The lowest BCUT2D eigenvalue weighted by atomic mass is 10.2. The van der Waals surface area contributed by atoms with Crippen LogP contribution in [0.4, 0.5) is 11.6 Å². The Labute approximate surface area is 182 Å². The van der Waals surface area contributed by atoms with E-state index in [1.807, 2.05) is 53.1 Å². The third-order valence-corrected chi connectivity index (χ3v) is 5.59. The van der Waals surface area contributed by atoms with E-state index in [4.69, 9.17) is 16.3 Å². The van der Waals surface area contributed by atoms with Crippen LogP contribution in [0.2, 0.25) is 5.02 Å². The maximum Gasteiger partial charge on any atom is 0.327 e. The number of aromatic nitrogens is 4. The van der Waals surface area contributed by atoms with Crippen LogP contribution in [-0.2, 0) is 13.1 Å². The van der Waals surface area contributed by atoms with Gasteiger partial charge in [0.1, 0.15) is 23.0 Å². The molecule has 2 aromatic carbocycles. The molecular weight excluding hydrogens is 416 g/mol. The Morgan fingerprint density at radius 1 is 1.10 bits per heavy atom. The molecule has 0 saturated heterocycles. The highest BCUT2D eigenvalue weighted by Gasteiger charge is 2.23. The molecule has 0 unspecified atom stereocenters. The van der Waals surface area contributed by atoms with Crippen LogP contribution >= 0.6 is 11.6 Å². The van der Waals surface area contributed by atoms with E-state index in [0.717, 1.165) is 16.9 Å². The minimum atomic E-state index is -0.227. The maximum absolute atomic E-state index is 12.7. The number of anilines is 1. The maximum atomic E-state index is 12.7. The van der Waals surface area contributed by atoms with Gasteiger partial charge < -0.3 is 19.6 Å². The van der Waals surface area contributed by atoms with Gasteiger partial charge in [-0.05, 0) is 29.3 Å². The summed E-state index contributed by atoms with van der Waals surface area (Å²) in [5.41, 5.74) is 2.91. The van der Waals surface area contributed by atoms with E-state index in [2.05, 4.69) is 20.3 Å². The SMILES string of the molecule is COc1ccc(Cn2c3c([nH]c2=O)-c2ncn(Cc4ccccc4Cl)c2N=CN3)cc1. The average Bonchev–Trinajstić information content (AvgIpc) is 3.25.